The van der Waals surface area contributed by atoms with E-state index in [-0.39, 0.29) is 53.7 Å². The largest absolute Gasteiger partial charge is 1.00 e. The molecule has 0 saturated carbocycles. The monoisotopic (exact) mass is 1080 g/mol. The third kappa shape index (κ3) is 27.4. The zero-order chi connectivity index (χ0) is 47.4. The number of unbranched alkanes of at least 4 members (excludes halogenated alkanes) is 6. The Labute approximate surface area is 436 Å². The maximum absolute atomic E-state index is 11.5. The summed E-state index contributed by atoms with van der Waals surface area (Å²) in [5, 5.41) is 4.23. The van der Waals surface area contributed by atoms with Crippen LogP contribution in [0.15, 0.2) is 128 Å². The van der Waals surface area contributed by atoms with Gasteiger partial charge in [-0.2, -0.15) is 0 Å². The van der Waals surface area contributed by atoms with Gasteiger partial charge in [0.05, 0.1) is 62.1 Å². The number of esters is 2. The SMILES string of the molecule is C=C(C)C(=O)OCCC[P+](CCCC)(CCCC)CCCC.C=CC(=O)OCC[P+](CCCC)(CCCC)CCCC.C=CC[P+](c1ccccc1)(c1ccccc1)c1ccccc1.[Br-].[Cl-].[Cl-]. The molecular formula is C57H92BrCl2O4P3. The molecule has 0 fully saturated rings. The summed E-state index contributed by atoms with van der Waals surface area (Å²) in [5.74, 6) is -0.510. The van der Waals surface area contributed by atoms with Gasteiger partial charge in [0.2, 0.25) is 0 Å². The fraction of sp³-hybridized carbons (Fsp3) is 0.544. The Kier molecular flexibility index (Phi) is 44.6. The van der Waals surface area contributed by atoms with Crippen molar-refractivity contribution in [3.05, 3.63) is 128 Å². The molecule has 3 aromatic carbocycles. The van der Waals surface area contributed by atoms with E-state index >= 15 is 0 Å². The fourth-order valence-electron chi connectivity index (χ4n) is 8.39. The van der Waals surface area contributed by atoms with E-state index in [9.17, 15) is 9.59 Å². The minimum absolute atomic E-state index is 0. The molecule has 3 rings (SSSR count). The smallest absolute Gasteiger partial charge is 0.333 e. The van der Waals surface area contributed by atoms with E-state index < -0.39 is 21.8 Å². The van der Waals surface area contributed by atoms with E-state index in [4.69, 9.17) is 9.47 Å². The van der Waals surface area contributed by atoms with Gasteiger partial charge in [0.15, 0.2) is 0 Å². The maximum atomic E-state index is 11.5. The van der Waals surface area contributed by atoms with E-state index in [1.807, 2.05) is 0 Å². The van der Waals surface area contributed by atoms with Gasteiger partial charge in [-0.05, 0) is 81.8 Å². The fourth-order valence-corrected chi connectivity index (χ4v) is 22.2. The highest BCUT2D eigenvalue weighted by Gasteiger charge is 2.44. The van der Waals surface area contributed by atoms with Crippen LogP contribution in [0.25, 0.3) is 0 Å². The first kappa shape index (κ1) is 69.4. The van der Waals surface area contributed by atoms with Crippen LogP contribution >= 0.6 is 21.8 Å². The molecule has 0 aliphatic rings. The van der Waals surface area contributed by atoms with Crippen molar-refractivity contribution < 1.29 is 60.9 Å². The van der Waals surface area contributed by atoms with Crippen LogP contribution in [0.1, 0.15) is 132 Å². The van der Waals surface area contributed by atoms with Gasteiger partial charge >= 0.3 is 11.9 Å². The van der Waals surface area contributed by atoms with Crippen LogP contribution in [-0.4, -0.2) is 80.6 Å². The molecule has 67 heavy (non-hydrogen) atoms. The van der Waals surface area contributed by atoms with E-state index in [1.54, 1.807) is 6.92 Å². The number of allylic oxidation sites excluding steroid dienone is 1. The summed E-state index contributed by atoms with van der Waals surface area (Å²) in [6.07, 6.45) is 32.0. The highest BCUT2D eigenvalue weighted by Crippen LogP contribution is 2.62. The van der Waals surface area contributed by atoms with Crippen LogP contribution in [0.3, 0.4) is 0 Å². The number of hydrogen-bond acceptors (Lipinski definition) is 4. The van der Waals surface area contributed by atoms with Crippen molar-refractivity contribution in [2.45, 2.75) is 132 Å². The standard InChI is InChI=1S/C21H20P.C19H38O2P.C17H34O2P.BrH.2ClH/c1-2-18-22(19-12-6-3-7-13-19,20-14-8-4-9-15-20)21-16-10-5-11-17-21;1-6-9-14-22(15-10-7-2,16-11-8-3)17-12-13-21-19(20)18(4)5;1-5-9-13-20(14-10-6-2,15-11-7-3)16-12-19-17(18)8-4;;;/h2-17H,1,18H2;4,6-17H2,1-3,5H3;8H,4-7,9-16H2,1-3H3;3*1H/q3*+1;;;/p-3. The lowest BCUT2D eigenvalue weighted by atomic mass is 10.4. The van der Waals surface area contributed by atoms with Crippen molar-refractivity contribution in [2.24, 2.45) is 0 Å². The van der Waals surface area contributed by atoms with Crippen LogP contribution in [0, 0.1) is 0 Å². The van der Waals surface area contributed by atoms with Gasteiger partial charge in [-0.3, -0.25) is 0 Å². The molecule has 0 bridgehead atoms. The second-order valence-electron chi connectivity index (χ2n) is 17.5. The van der Waals surface area contributed by atoms with E-state index in [2.05, 4.69) is 158 Å². The topological polar surface area (TPSA) is 52.6 Å². The molecule has 0 N–H and O–H groups in total. The van der Waals surface area contributed by atoms with Crippen LogP contribution in [0.5, 0.6) is 0 Å². The minimum atomic E-state index is -1.67. The average Bonchev–Trinajstić information content (AvgIpc) is 3.33. The molecule has 0 aliphatic heterocycles. The van der Waals surface area contributed by atoms with Crippen LogP contribution in [-0.2, 0) is 19.1 Å². The lowest BCUT2D eigenvalue weighted by Crippen LogP contribution is -3.00. The van der Waals surface area contributed by atoms with Crippen LogP contribution in [0.4, 0.5) is 0 Å². The van der Waals surface area contributed by atoms with Gasteiger partial charge in [-0.25, -0.2) is 9.59 Å². The van der Waals surface area contributed by atoms with Crippen molar-refractivity contribution in [3.8, 4) is 0 Å². The quantitative estimate of drug-likeness (QED) is 0.0245. The summed E-state index contributed by atoms with van der Waals surface area (Å²) < 4.78 is 10.5. The number of carbonyl (C=O) groups excluding carboxylic acids is 2. The molecule has 0 amide bonds. The second-order valence-corrected chi connectivity index (χ2v) is 30.0. The number of rotatable bonds is 32. The predicted octanol–water partition coefficient (Wildman–Crippen LogP) is 6.23. The first-order valence-electron chi connectivity index (χ1n) is 25.0. The Balaban J connectivity index is -0.000000899. The molecule has 10 heteroatoms. The van der Waals surface area contributed by atoms with Gasteiger partial charge in [0.1, 0.15) is 29.8 Å². The Hall–Kier alpha value is -1.83. The summed E-state index contributed by atoms with van der Waals surface area (Å²) in [4.78, 5) is 22.7. The third-order valence-corrected chi connectivity index (χ3v) is 26.6. The van der Waals surface area contributed by atoms with Crippen molar-refractivity contribution in [2.75, 3.05) is 68.7 Å². The molecule has 3 aromatic rings. The Morgan fingerprint density at radius 3 is 1.09 bits per heavy atom. The maximum Gasteiger partial charge on any atom is 0.333 e. The minimum Gasteiger partial charge on any atom is -1.00 e. The lowest BCUT2D eigenvalue weighted by molar-refractivity contribution is -0.139. The van der Waals surface area contributed by atoms with Crippen molar-refractivity contribution >= 4 is 49.6 Å². The number of ether oxygens (including phenoxy) is 2. The molecule has 0 unspecified atom stereocenters. The average molecular weight is 1090 g/mol. The molecule has 0 aliphatic carbocycles. The normalized spacial score (nSPS) is 10.8. The Morgan fingerprint density at radius 1 is 0.493 bits per heavy atom. The summed E-state index contributed by atoms with van der Waals surface area (Å²) >= 11 is 0. The number of halogens is 3. The molecule has 4 nitrogen and oxygen atoms in total. The molecule has 0 radical (unpaired) electrons. The summed E-state index contributed by atoms with van der Waals surface area (Å²) in [6.45, 7) is 27.7. The summed E-state index contributed by atoms with van der Waals surface area (Å²) in [7, 11) is -3.44. The Morgan fingerprint density at radius 2 is 0.806 bits per heavy atom. The summed E-state index contributed by atoms with van der Waals surface area (Å²) in [6, 6.07) is 32.7. The van der Waals surface area contributed by atoms with Gasteiger partial charge in [0, 0.05) is 32.6 Å². The zero-order valence-electron chi connectivity index (χ0n) is 43.0. The molecule has 0 spiro atoms. The van der Waals surface area contributed by atoms with Gasteiger partial charge < -0.3 is 51.3 Å². The van der Waals surface area contributed by atoms with Gasteiger partial charge in [-0.15, -0.1) is 0 Å². The van der Waals surface area contributed by atoms with Crippen molar-refractivity contribution in [1.82, 2.24) is 0 Å². The van der Waals surface area contributed by atoms with Gasteiger partial charge in [-0.1, -0.05) is 160 Å². The zero-order valence-corrected chi connectivity index (χ0v) is 48.8. The van der Waals surface area contributed by atoms with Crippen molar-refractivity contribution in [3.63, 3.8) is 0 Å². The molecule has 0 aromatic heterocycles. The van der Waals surface area contributed by atoms with Gasteiger partial charge in [0.25, 0.3) is 0 Å². The lowest BCUT2D eigenvalue weighted by Gasteiger charge is -2.28. The number of carbonyl (C=O) groups is 2. The molecule has 380 valence electrons. The van der Waals surface area contributed by atoms with E-state index in [0.717, 1.165) is 18.7 Å². The molecule has 0 saturated heterocycles. The second kappa shape index (κ2) is 43.0. The number of hydrogen-bond donors (Lipinski definition) is 0. The highest BCUT2D eigenvalue weighted by atomic mass is 79.9. The molecule has 0 heterocycles. The van der Waals surface area contributed by atoms with E-state index in [0.29, 0.717) is 18.8 Å². The molecule has 0 atom stereocenters. The van der Waals surface area contributed by atoms with Crippen LogP contribution in [0.2, 0.25) is 0 Å². The molecular weight excluding hydrogens is 992 g/mol. The number of benzene rings is 3. The van der Waals surface area contributed by atoms with Crippen molar-refractivity contribution in [1.29, 1.82) is 0 Å². The highest BCUT2D eigenvalue weighted by molar-refractivity contribution is 7.95. The summed E-state index contributed by atoms with van der Waals surface area (Å²) in [5.41, 5.74) is 0.504. The first-order valence-corrected chi connectivity index (χ1v) is 32.0. The first-order chi connectivity index (χ1) is 31.0. The Bertz CT molecular complexity index is 1540. The third-order valence-electron chi connectivity index (χ3n) is 12.2. The van der Waals surface area contributed by atoms with E-state index in [1.165, 1.54) is 142 Å². The van der Waals surface area contributed by atoms with Crippen LogP contribution < -0.4 is 57.7 Å². The predicted molar refractivity (Wildman–Crippen MR) is 294 cm³/mol.